The van der Waals surface area contributed by atoms with Crippen LogP contribution in [0.15, 0.2) is 24.3 Å². The maximum absolute atomic E-state index is 12.3. The highest BCUT2D eigenvalue weighted by Gasteiger charge is 2.29. The van der Waals surface area contributed by atoms with Crippen LogP contribution in [0.2, 0.25) is 0 Å². The van der Waals surface area contributed by atoms with Gasteiger partial charge in [0.05, 0.1) is 7.11 Å². The second-order valence-corrected chi connectivity index (χ2v) is 5.58. The molecule has 0 saturated heterocycles. The normalized spacial score (nSPS) is 23.4. The van der Waals surface area contributed by atoms with Crippen LogP contribution in [0.5, 0.6) is 5.75 Å². The van der Waals surface area contributed by atoms with Crippen LogP contribution < -0.4 is 4.74 Å². The minimum atomic E-state index is 0.115. The Kier molecular flexibility index (Phi) is 5.00. The standard InChI is InChI=1S/C17H24O2/c1-3-4-5-13-6-11-16(17(18)12-13)14-7-9-15(19-2)10-8-14/h7-10,13,16H,3-6,11-12H2,1-2H3. The summed E-state index contributed by atoms with van der Waals surface area (Å²) < 4.78 is 5.16. The second kappa shape index (κ2) is 6.74. The molecule has 0 aliphatic heterocycles. The Balaban J connectivity index is 1.97. The fraction of sp³-hybridized carbons (Fsp3) is 0.588. The van der Waals surface area contributed by atoms with Gasteiger partial charge in [-0.25, -0.2) is 0 Å². The summed E-state index contributed by atoms with van der Waals surface area (Å²) >= 11 is 0. The number of carbonyl (C=O) groups is 1. The van der Waals surface area contributed by atoms with E-state index in [9.17, 15) is 4.79 Å². The van der Waals surface area contributed by atoms with Gasteiger partial charge in [0, 0.05) is 12.3 Å². The molecular weight excluding hydrogens is 236 g/mol. The van der Waals surface area contributed by atoms with E-state index in [1.807, 2.05) is 24.3 Å². The zero-order chi connectivity index (χ0) is 13.7. The van der Waals surface area contributed by atoms with Crippen molar-refractivity contribution in [3.63, 3.8) is 0 Å². The number of unbranched alkanes of at least 4 members (excludes halogenated alkanes) is 1. The first-order valence-electron chi connectivity index (χ1n) is 7.41. The van der Waals surface area contributed by atoms with Crippen molar-refractivity contribution in [2.24, 2.45) is 5.92 Å². The number of ketones is 1. The summed E-state index contributed by atoms with van der Waals surface area (Å²) in [6.45, 7) is 2.21. The smallest absolute Gasteiger partial charge is 0.140 e. The molecule has 0 radical (unpaired) electrons. The largest absolute Gasteiger partial charge is 0.497 e. The molecule has 1 aromatic carbocycles. The molecule has 1 fully saturated rings. The topological polar surface area (TPSA) is 26.3 Å². The molecule has 0 N–H and O–H groups in total. The van der Waals surface area contributed by atoms with Crippen LogP contribution in [0.4, 0.5) is 0 Å². The number of benzene rings is 1. The Morgan fingerprint density at radius 3 is 2.53 bits per heavy atom. The number of hydrogen-bond acceptors (Lipinski definition) is 2. The molecule has 2 unspecified atom stereocenters. The number of carbonyl (C=O) groups excluding carboxylic acids is 1. The molecule has 2 nitrogen and oxygen atoms in total. The summed E-state index contributed by atoms with van der Waals surface area (Å²) in [5.74, 6) is 2.02. The zero-order valence-corrected chi connectivity index (χ0v) is 12.0. The van der Waals surface area contributed by atoms with Gasteiger partial charge < -0.3 is 4.74 Å². The predicted octanol–water partition coefficient (Wildman–Crippen LogP) is 4.34. The first-order valence-corrected chi connectivity index (χ1v) is 7.41. The van der Waals surface area contributed by atoms with Gasteiger partial charge in [0.25, 0.3) is 0 Å². The maximum atomic E-state index is 12.3. The number of methoxy groups -OCH3 is 1. The van der Waals surface area contributed by atoms with Gasteiger partial charge in [-0.05, 0) is 36.5 Å². The lowest BCUT2D eigenvalue weighted by molar-refractivity contribution is -0.123. The number of Topliss-reactive ketones (excluding diaryl/α,β-unsaturated/α-hetero) is 1. The number of rotatable bonds is 5. The zero-order valence-electron chi connectivity index (χ0n) is 12.0. The first-order chi connectivity index (χ1) is 9.24. The highest BCUT2D eigenvalue weighted by molar-refractivity contribution is 5.86. The molecule has 1 aromatic rings. The fourth-order valence-electron chi connectivity index (χ4n) is 3.02. The summed E-state index contributed by atoms with van der Waals surface area (Å²) in [6.07, 6.45) is 6.69. The van der Waals surface area contributed by atoms with Crippen molar-refractivity contribution in [2.75, 3.05) is 7.11 Å². The van der Waals surface area contributed by atoms with E-state index in [0.717, 1.165) is 24.2 Å². The molecule has 104 valence electrons. The Morgan fingerprint density at radius 1 is 1.21 bits per heavy atom. The highest BCUT2D eigenvalue weighted by atomic mass is 16.5. The molecule has 0 aromatic heterocycles. The Bertz CT molecular complexity index is 408. The maximum Gasteiger partial charge on any atom is 0.140 e. The third-order valence-electron chi connectivity index (χ3n) is 4.23. The minimum Gasteiger partial charge on any atom is -0.497 e. The molecule has 0 bridgehead atoms. The molecule has 0 amide bonds. The predicted molar refractivity (Wildman–Crippen MR) is 77.6 cm³/mol. The van der Waals surface area contributed by atoms with Crippen LogP contribution in [-0.2, 0) is 4.79 Å². The molecule has 1 saturated carbocycles. The lowest BCUT2D eigenvalue weighted by atomic mass is 9.76. The van der Waals surface area contributed by atoms with Gasteiger partial charge in [-0.3, -0.25) is 4.79 Å². The molecule has 1 aliphatic carbocycles. The van der Waals surface area contributed by atoms with Crippen molar-refractivity contribution in [1.29, 1.82) is 0 Å². The SMILES string of the molecule is CCCCC1CCC(c2ccc(OC)cc2)C(=O)C1. The van der Waals surface area contributed by atoms with E-state index in [1.54, 1.807) is 7.11 Å². The van der Waals surface area contributed by atoms with E-state index in [4.69, 9.17) is 4.74 Å². The van der Waals surface area contributed by atoms with Gasteiger partial charge in [0.15, 0.2) is 0 Å². The summed E-state index contributed by atoms with van der Waals surface area (Å²) in [4.78, 5) is 12.3. The van der Waals surface area contributed by atoms with Gasteiger partial charge in [-0.2, -0.15) is 0 Å². The van der Waals surface area contributed by atoms with Crippen LogP contribution in [0.3, 0.4) is 0 Å². The molecule has 2 rings (SSSR count). The third kappa shape index (κ3) is 3.59. The second-order valence-electron chi connectivity index (χ2n) is 5.58. The van der Waals surface area contributed by atoms with Crippen molar-refractivity contribution < 1.29 is 9.53 Å². The first kappa shape index (κ1) is 14.1. The molecule has 0 spiro atoms. The van der Waals surface area contributed by atoms with Gasteiger partial charge in [0.1, 0.15) is 11.5 Å². The quantitative estimate of drug-likeness (QED) is 0.787. The molecule has 2 atom stereocenters. The number of ether oxygens (including phenoxy) is 1. The Morgan fingerprint density at radius 2 is 1.95 bits per heavy atom. The fourth-order valence-corrected chi connectivity index (χ4v) is 3.02. The van der Waals surface area contributed by atoms with Crippen molar-refractivity contribution in [3.05, 3.63) is 29.8 Å². The van der Waals surface area contributed by atoms with E-state index < -0.39 is 0 Å². The molecule has 1 aliphatic rings. The average molecular weight is 260 g/mol. The summed E-state index contributed by atoms with van der Waals surface area (Å²) in [5.41, 5.74) is 1.15. The Labute approximate surface area is 116 Å². The van der Waals surface area contributed by atoms with Crippen molar-refractivity contribution in [2.45, 2.75) is 51.4 Å². The third-order valence-corrected chi connectivity index (χ3v) is 4.23. The van der Waals surface area contributed by atoms with Gasteiger partial charge in [-0.15, -0.1) is 0 Å². The van der Waals surface area contributed by atoms with Crippen LogP contribution in [0.1, 0.15) is 56.9 Å². The van der Waals surface area contributed by atoms with Crippen LogP contribution in [0, 0.1) is 5.92 Å². The molecule has 0 heterocycles. The van der Waals surface area contributed by atoms with E-state index in [-0.39, 0.29) is 5.92 Å². The average Bonchev–Trinajstić information content (AvgIpc) is 2.45. The van der Waals surface area contributed by atoms with Crippen molar-refractivity contribution in [3.8, 4) is 5.75 Å². The monoisotopic (exact) mass is 260 g/mol. The summed E-state index contributed by atoms with van der Waals surface area (Å²) in [5, 5.41) is 0. The van der Waals surface area contributed by atoms with Crippen LogP contribution in [0.25, 0.3) is 0 Å². The molecule has 19 heavy (non-hydrogen) atoms. The molecule has 2 heteroatoms. The van der Waals surface area contributed by atoms with E-state index in [2.05, 4.69) is 6.92 Å². The van der Waals surface area contributed by atoms with Crippen molar-refractivity contribution >= 4 is 5.78 Å². The van der Waals surface area contributed by atoms with Crippen LogP contribution >= 0.6 is 0 Å². The highest BCUT2D eigenvalue weighted by Crippen LogP contribution is 2.35. The lowest BCUT2D eigenvalue weighted by Crippen LogP contribution is -2.23. The van der Waals surface area contributed by atoms with Gasteiger partial charge in [0.2, 0.25) is 0 Å². The summed E-state index contributed by atoms with van der Waals surface area (Å²) in [7, 11) is 1.67. The minimum absolute atomic E-state index is 0.115. The van der Waals surface area contributed by atoms with Crippen molar-refractivity contribution in [1.82, 2.24) is 0 Å². The van der Waals surface area contributed by atoms with Crippen LogP contribution in [-0.4, -0.2) is 12.9 Å². The van der Waals surface area contributed by atoms with E-state index >= 15 is 0 Å². The van der Waals surface area contributed by atoms with Gasteiger partial charge >= 0.3 is 0 Å². The Hall–Kier alpha value is -1.31. The summed E-state index contributed by atoms with van der Waals surface area (Å²) in [6, 6.07) is 7.97. The number of hydrogen-bond donors (Lipinski definition) is 0. The van der Waals surface area contributed by atoms with E-state index in [1.165, 1.54) is 25.7 Å². The van der Waals surface area contributed by atoms with Gasteiger partial charge in [-0.1, -0.05) is 38.3 Å². The lowest BCUT2D eigenvalue weighted by Gasteiger charge is -2.27. The molecular formula is C17H24O2. The van der Waals surface area contributed by atoms with E-state index in [0.29, 0.717) is 11.7 Å².